The molecule has 3 aromatic rings. The molecule has 9 heteroatoms. The summed E-state index contributed by atoms with van der Waals surface area (Å²) < 4.78 is 40.0. The zero-order valence-electron chi connectivity index (χ0n) is 19.6. The van der Waals surface area contributed by atoms with Gasteiger partial charge in [-0.15, -0.1) is 0 Å². The third-order valence-corrected chi connectivity index (χ3v) is 8.11. The minimum atomic E-state index is -3.47. The van der Waals surface area contributed by atoms with Crippen LogP contribution >= 0.6 is 0 Å². The van der Waals surface area contributed by atoms with Gasteiger partial charge in [0.15, 0.2) is 11.5 Å². The van der Waals surface area contributed by atoms with Crippen LogP contribution < -0.4 is 14.8 Å². The topological polar surface area (TPSA) is 89.9 Å². The lowest BCUT2D eigenvalue weighted by Crippen LogP contribution is -2.35. The second kappa shape index (κ2) is 10.5. The number of methoxy groups -OCH3 is 2. The van der Waals surface area contributed by atoms with E-state index in [0.717, 1.165) is 35.7 Å². The van der Waals surface area contributed by atoms with Gasteiger partial charge < -0.3 is 19.4 Å². The Hall–Kier alpha value is -3.04. The summed E-state index contributed by atoms with van der Waals surface area (Å²) in [7, 11) is -0.311. The maximum atomic E-state index is 13.0. The van der Waals surface area contributed by atoms with Gasteiger partial charge in [-0.3, -0.25) is 4.79 Å². The van der Waals surface area contributed by atoms with Gasteiger partial charge in [0.25, 0.3) is 0 Å². The van der Waals surface area contributed by atoms with Gasteiger partial charge >= 0.3 is 0 Å². The van der Waals surface area contributed by atoms with Crippen LogP contribution in [0.25, 0.3) is 10.9 Å². The van der Waals surface area contributed by atoms with Crippen molar-refractivity contribution in [1.82, 2.24) is 14.2 Å². The molecule has 182 valence electrons. The van der Waals surface area contributed by atoms with E-state index >= 15 is 0 Å². The second-order valence-corrected chi connectivity index (χ2v) is 10.3. The van der Waals surface area contributed by atoms with E-state index in [1.165, 1.54) is 0 Å². The van der Waals surface area contributed by atoms with E-state index in [-0.39, 0.29) is 5.91 Å². The molecule has 2 aromatic carbocycles. The Kier molecular flexibility index (Phi) is 7.43. The number of hydrogen-bond donors (Lipinski definition) is 1. The molecule has 1 aliphatic rings. The molecule has 1 N–H and O–H groups in total. The minimum absolute atomic E-state index is 0.0686. The summed E-state index contributed by atoms with van der Waals surface area (Å²) in [6.45, 7) is 2.06. The first-order chi connectivity index (χ1) is 16.4. The van der Waals surface area contributed by atoms with Gasteiger partial charge in [-0.25, -0.2) is 8.42 Å². The molecule has 1 aliphatic heterocycles. The predicted octanol–water partition coefficient (Wildman–Crippen LogP) is 3.54. The molecule has 0 atom stereocenters. The van der Waals surface area contributed by atoms with Crippen molar-refractivity contribution < 1.29 is 22.7 Å². The lowest BCUT2D eigenvalue weighted by atomic mass is 10.2. The first-order valence-electron chi connectivity index (χ1n) is 11.5. The molecule has 0 saturated carbocycles. The number of aromatic nitrogens is 1. The molecule has 0 aliphatic carbocycles. The number of hydrogen-bond acceptors (Lipinski definition) is 5. The molecule has 2 heterocycles. The lowest BCUT2D eigenvalue weighted by Gasteiger charge is -2.25. The first kappa shape index (κ1) is 24.1. The number of carbonyl (C=O) groups excluding carboxylic acids is 1. The summed E-state index contributed by atoms with van der Waals surface area (Å²) in [5.41, 5.74) is 1.82. The van der Waals surface area contributed by atoms with Crippen LogP contribution in [-0.2, 0) is 27.9 Å². The molecule has 0 bridgehead atoms. The molecule has 1 fully saturated rings. The fraction of sp³-hybridized carbons (Fsp3) is 0.400. The third kappa shape index (κ3) is 5.20. The summed E-state index contributed by atoms with van der Waals surface area (Å²) in [6.07, 6.45) is 5.10. The molecule has 1 aromatic heterocycles. The maximum Gasteiger partial charge on any atom is 0.243 e. The van der Waals surface area contributed by atoms with Crippen molar-refractivity contribution in [1.29, 1.82) is 0 Å². The number of aryl methyl sites for hydroxylation is 1. The smallest absolute Gasteiger partial charge is 0.243 e. The number of amides is 1. The number of nitrogens with one attached hydrogen (secondary N) is 1. The summed E-state index contributed by atoms with van der Waals surface area (Å²) >= 11 is 0. The van der Waals surface area contributed by atoms with Crippen molar-refractivity contribution >= 4 is 26.8 Å². The van der Waals surface area contributed by atoms with Crippen LogP contribution in [0.2, 0.25) is 0 Å². The second-order valence-electron chi connectivity index (χ2n) is 8.41. The monoisotopic (exact) mass is 485 g/mol. The van der Waals surface area contributed by atoms with Crippen LogP contribution in [0, 0.1) is 0 Å². The third-order valence-electron chi connectivity index (χ3n) is 6.21. The van der Waals surface area contributed by atoms with Crippen LogP contribution in [0.3, 0.4) is 0 Å². The zero-order valence-corrected chi connectivity index (χ0v) is 20.4. The number of piperidine rings is 1. The van der Waals surface area contributed by atoms with E-state index in [2.05, 4.69) is 5.32 Å². The number of nitrogens with zero attached hydrogens (tertiary/aromatic N) is 2. The Morgan fingerprint density at radius 1 is 0.971 bits per heavy atom. The van der Waals surface area contributed by atoms with E-state index in [4.69, 9.17) is 9.47 Å². The Morgan fingerprint density at radius 3 is 2.47 bits per heavy atom. The van der Waals surface area contributed by atoms with Crippen LogP contribution in [0.1, 0.15) is 31.2 Å². The highest BCUT2D eigenvalue weighted by molar-refractivity contribution is 7.89. The predicted molar refractivity (Wildman–Crippen MR) is 131 cm³/mol. The summed E-state index contributed by atoms with van der Waals surface area (Å²) in [5, 5.41) is 3.78. The summed E-state index contributed by atoms with van der Waals surface area (Å²) in [4.78, 5) is 12.7. The van der Waals surface area contributed by atoms with Crippen molar-refractivity contribution in [2.45, 2.75) is 43.7 Å². The highest BCUT2D eigenvalue weighted by atomic mass is 32.2. The molecular weight excluding hydrogens is 454 g/mol. The van der Waals surface area contributed by atoms with Gasteiger partial charge in [0.1, 0.15) is 0 Å². The Bertz CT molecular complexity index is 1260. The molecule has 1 saturated heterocycles. The highest BCUT2D eigenvalue weighted by Crippen LogP contribution is 2.28. The molecule has 8 nitrogen and oxygen atoms in total. The largest absolute Gasteiger partial charge is 0.493 e. The number of rotatable bonds is 9. The van der Waals surface area contributed by atoms with E-state index in [0.29, 0.717) is 49.0 Å². The number of benzene rings is 2. The molecule has 0 spiro atoms. The fourth-order valence-corrected chi connectivity index (χ4v) is 5.84. The molecule has 4 rings (SSSR count). The average Bonchev–Trinajstić information content (AvgIpc) is 3.28. The van der Waals surface area contributed by atoms with E-state index in [9.17, 15) is 13.2 Å². The average molecular weight is 486 g/mol. The summed E-state index contributed by atoms with van der Waals surface area (Å²) in [6, 6.07) is 12.7. The Balaban J connectivity index is 1.37. The van der Waals surface area contributed by atoms with Gasteiger partial charge in [-0.1, -0.05) is 12.5 Å². The van der Waals surface area contributed by atoms with Crippen molar-refractivity contribution in [2.75, 3.05) is 27.3 Å². The SMILES string of the molecule is COc1ccc(CNC(=O)CCn2ccc3cc(S(=O)(=O)N4CCCCC4)ccc32)cc1OC. The van der Waals surface area contributed by atoms with Gasteiger partial charge in [-0.05, 0) is 54.8 Å². The standard InChI is InChI=1S/C25H31N3O5S/c1-32-23-9-6-19(16-24(23)33-2)18-26-25(29)11-15-27-14-10-20-17-21(7-8-22(20)27)34(30,31)28-12-4-3-5-13-28/h6-10,14,16-17H,3-5,11-13,15,18H2,1-2H3,(H,26,29). The quantitative estimate of drug-likeness (QED) is 0.501. The van der Waals surface area contributed by atoms with Crippen LogP contribution in [0.5, 0.6) is 11.5 Å². The summed E-state index contributed by atoms with van der Waals surface area (Å²) in [5.74, 6) is 1.19. The zero-order chi connectivity index (χ0) is 24.1. The van der Waals surface area contributed by atoms with Crippen molar-refractivity contribution in [3.05, 3.63) is 54.2 Å². The van der Waals surface area contributed by atoms with Crippen molar-refractivity contribution in [2.24, 2.45) is 0 Å². The van der Waals surface area contributed by atoms with E-state index < -0.39 is 10.0 Å². The lowest BCUT2D eigenvalue weighted by molar-refractivity contribution is -0.121. The first-order valence-corrected chi connectivity index (χ1v) is 12.9. The Morgan fingerprint density at radius 2 is 1.74 bits per heavy atom. The number of sulfonamides is 1. The normalized spacial score (nSPS) is 14.8. The minimum Gasteiger partial charge on any atom is -0.493 e. The van der Waals surface area contributed by atoms with Gasteiger partial charge in [-0.2, -0.15) is 4.31 Å². The fourth-order valence-electron chi connectivity index (χ4n) is 4.29. The number of carbonyl (C=O) groups is 1. The van der Waals surface area contributed by atoms with Crippen molar-refractivity contribution in [3.8, 4) is 11.5 Å². The van der Waals surface area contributed by atoms with Crippen molar-refractivity contribution in [3.63, 3.8) is 0 Å². The van der Waals surface area contributed by atoms with E-state index in [1.54, 1.807) is 30.7 Å². The maximum absolute atomic E-state index is 13.0. The van der Waals surface area contributed by atoms with Gasteiger partial charge in [0, 0.05) is 49.7 Å². The number of fused-ring (bicyclic) bond motifs is 1. The van der Waals surface area contributed by atoms with Gasteiger partial charge in [0.05, 0.1) is 19.1 Å². The van der Waals surface area contributed by atoms with Gasteiger partial charge in [0.2, 0.25) is 15.9 Å². The molecule has 34 heavy (non-hydrogen) atoms. The molecule has 0 radical (unpaired) electrons. The number of ether oxygens (including phenoxy) is 2. The highest BCUT2D eigenvalue weighted by Gasteiger charge is 2.26. The van der Waals surface area contributed by atoms with Crippen LogP contribution in [0.15, 0.2) is 53.6 Å². The van der Waals surface area contributed by atoms with Crippen LogP contribution in [-0.4, -0.2) is 50.5 Å². The molecular formula is C25H31N3O5S. The molecule has 1 amide bonds. The van der Waals surface area contributed by atoms with E-state index in [1.807, 2.05) is 41.1 Å². The van der Waals surface area contributed by atoms with Crippen LogP contribution in [0.4, 0.5) is 0 Å². The molecule has 0 unspecified atom stereocenters. The Labute approximate surface area is 200 Å².